The van der Waals surface area contributed by atoms with Gasteiger partial charge in [0.05, 0.1) is 17.9 Å². The van der Waals surface area contributed by atoms with E-state index < -0.39 is 0 Å². The fraction of sp³-hybridized carbons (Fsp3) is 0.412. The first-order valence-electron chi connectivity index (χ1n) is 7.90. The van der Waals surface area contributed by atoms with Crippen LogP contribution in [-0.4, -0.2) is 35.4 Å². The lowest BCUT2D eigenvalue weighted by Crippen LogP contribution is -2.40. The van der Waals surface area contributed by atoms with Crippen molar-refractivity contribution in [2.24, 2.45) is 0 Å². The van der Waals surface area contributed by atoms with E-state index in [1.165, 1.54) is 19.3 Å². The number of halogens is 1. The van der Waals surface area contributed by atoms with Gasteiger partial charge in [0.1, 0.15) is 5.76 Å². The Morgan fingerprint density at radius 1 is 1.35 bits per heavy atom. The van der Waals surface area contributed by atoms with E-state index in [2.05, 4.69) is 31.1 Å². The molecule has 1 aliphatic heterocycles. The second-order valence-corrected chi connectivity index (χ2v) is 6.65. The summed E-state index contributed by atoms with van der Waals surface area (Å²) >= 11 is 3.34. The molecule has 1 saturated heterocycles. The van der Waals surface area contributed by atoms with Crippen LogP contribution in [0.15, 0.2) is 45.7 Å². The van der Waals surface area contributed by atoms with Crippen molar-refractivity contribution in [2.75, 3.05) is 19.6 Å². The van der Waals surface area contributed by atoms with Crippen molar-refractivity contribution in [2.45, 2.75) is 25.3 Å². The van der Waals surface area contributed by atoms with Crippen LogP contribution in [0.25, 0.3) is 0 Å². The van der Waals surface area contributed by atoms with Crippen molar-refractivity contribution >= 4 is 21.8 Å². The first-order valence-corrected chi connectivity index (χ1v) is 8.69. The predicted octanol–water partition coefficient (Wildman–Crippen LogP) is 3.39. The summed E-state index contributed by atoms with van der Waals surface area (Å²) in [6.07, 6.45) is 8.59. The fourth-order valence-corrected chi connectivity index (χ4v) is 3.31. The summed E-state index contributed by atoms with van der Waals surface area (Å²) in [7, 11) is 0. The van der Waals surface area contributed by atoms with Crippen molar-refractivity contribution in [1.29, 1.82) is 0 Å². The van der Waals surface area contributed by atoms with Crippen LogP contribution in [0.5, 0.6) is 0 Å². The minimum absolute atomic E-state index is 0.0781. The molecule has 3 rings (SSSR count). The molecule has 1 fully saturated rings. The number of furan rings is 1. The summed E-state index contributed by atoms with van der Waals surface area (Å²) in [5, 5.41) is 3.01. The van der Waals surface area contributed by atoms with Gasteiger partial charge in [0.2, 0.25) is 0 Å². The van der Waals surface area contributed by atoms with Crippen LogP contribution in [0.2, 0.25) is 0 Å². The van der Waals surface area contributed by atoms with E-state index in [0.717, 1.165) is 23.3 Å². The molecule has 0 saturated carbocycles. The first kappa shape index (κ1) is 16.2. The minimum Gasteiger partial charge on any atom is -0.468 e. The zero-order chi connectivity index (χ0) is 16.1. The van der Waals surface area contributed by atoms with Gasteiger partial charge < -0.3 is 9.73 Å². The molecule has 6 heteroatoms. The number of nitrogens with zero attached hydrogens (tertiary/aromatic N) is 2. The van der Waals surface area contributed by atoms with E-state index in [1.807, 2.05) is 12.1 Å². The van der Waals surface area contributed by atoms with Crippen LogP contribution in [0.3, 0.4) is 0 Å². The highest BCUT2D eigenvalue weighted by molar-refractivity contribution is 9.10. The van der Waals surface area contributed by atoms with Gasteiger partial charge in [-0.25, -0.2) is 0 Å². The van der Waals surface area contributed by atoms with E-state index in [1.54, 1.807) is 24.7 Å². The van der Waals surface area contributed by atoms with Gasteiger partial charge in [-0.3, -0.25) is 14.7 Å². The summed E-state index contributed by atoms with van der Waals surface area (Å²) < 4.78 is 6.39. The number of amides is 1. The monoisotopic (exact) mass is 377 g/mol. The number of carbonyl (C=O) groups excluding carboxylic acids is 1. The number of aromatic nitrogens is 1. The average molecular weight is 378 g/mol. The molecule has 122 valence electrons. The molecule has 0 aromatic carbocycles. The second kappa shape index (κ2) is 7.75. The average Bonchev–Trinajstić information content (AvgIpc) is 3.10. The smallest absolute Gasteiger partial charge is 0.252 e. The number of hydrogen-bond acceptors (Lipinski definition) is 4. The van der Waals surface area contributed by atoms with Crippen LogP contribution in [0.4, 0.5) is 0 Å². The lowest BCUT2D eigenvalue weighted by molar-refractivity contribution is 0.0913. The summed E-state index contributed by atoms with van der Waals surface area (Å²) in [5.41, 5.74) is 0.552. The Morgan fingerprint density at radius 2 is 2.17 bits per heavy atom. The number of pyridine rings is 1. The highest BCUT2D eigenvalue weighted by atomic mass is 79.9. The maximum atomic E-state index is 12.3. The maximum Gasteiger partial charge on any atom is 0.252 e. The molecule has 1 aliphatic rings. The Labute approximate surface area is 144 Å². The van der Waals surface area contributed by atoms with E-state index >= 15 is 0 Å². The van der Waals surface area contributed by atoms with E-state index in [-0.39, 0.29) is 11.9 Å². The zero-order valence-corrected chi connectivity index (χ0v) is 14.5. The molecule has 2 aromatic heterocycles. The summed E-state index contributed by atoms with van der Waals surface area (Å²) in [5.74, 6) is 0.784. The number of carbonyl (C=O) groups is 1. The van der Waals surface area contributed by atoms with Gasteiger partial charge >= 0.3 is 0 Å². The van der Waals surface area contributed by atoms with Crippen LogP contribution >= 0.6 is 15.9 Å². The third-order valence-electron chi connectivity index (χ3n) is 4.13. The Balaban J connectivity index is 1.67. The van der Waals surface area contributed by atoms with Crippen LogP contribution < -0.4 is 5.32 Å². The second-order valence-electron chi connectivity index (χ2n) is 5.73. The summed E-state index contributed by atoms with van der Waals surface area (Å²) in [4.78, 5) is 18.8. The Kier molecular flexibility index (Phi) is 5.46. The van der Waals surface area contributed by atoms with Gasteiger partial charge in [-0.1, -0.05) is 6.42 Å². The molecule has 2 aromatic rings. The zero-order valence-electron chi connectivity index (χ0n) is 12.9. The standard InChI is InChI=1S/C17H20BrN3O2/c18-14-9-13(10-19-11-14)17(22)20-12-15(16-5-4-8-23-16)21-6-2-1-3-7-21/h4-5,8-11,15H,1-3,6-7,12H2,(H,20,22)/t15-/m0/s1. The molecule has 0 radical (unpaired) electrons. The van der Waals surface area contributed by atoms with Crippen molar-refractivity contribution in [3.63, 3.8) is 0 Å². The third kappa shape index (κ3) is 4.20. The summed E-state index contributed by atoms with van der Waals surface area (Å²) in [6, 6.07) is 5.72. The highest BCUT2D eigenvalue weighted by Crippen LogP contribution is 2.24. The molecule has 1 atom stereocenters. The lowest BCUT2D eigenvalue weighted by Gasteiger charge is -2.33. The van der Waals surface area contributed by atoms with Crippen molar-refractivity contribution in [1.82, 2.24) is 15.2 Å². The van der Waals surface area contributed by atoms with Crippen molar-refractivity contribution < 1.29 is 9.21 Å². The van der Waals surface area contributed by atoms with Crippen LogP contribution in [0.1, 0.15) is 41.4 Å². The number of likely N-dealkylation sites (tertiary alicyclic amines) is 1. The molecule has 1 amide bonds. The molecule has 0 aliphatic carbocycles. The maximum absolute atomic E-state index is 12.3. The number of hydrogen-bond donors (Lipinski definition) is 1. The van der Waals surface area contributed by atoms with Gasteiger partial charge in [-0.05, 0) is 60.1 Å². The Bertz CT molecular complexity index is 639. The van der Waals surface area contributed by atoms with Crippen molar-refractivity contribution in [3.8, 4) is 0 Å². The van der Waals surface area contributed by atoms with Crippen molar-refractivity contribution in [3.05, 3.63) is 52.7 Å². The minimum atomic E-state index is -0.118. The molecule has 1 N–H and O–H groups in total. The van der Waals surface area contributed by atoms with Gasteiger partial charge in [0.15, 0.2) is 0 Å². The SMILES string of the molecule is O=C(NC[C@@H](c1ccco1)N1CCCCC1)c1cncc(Br)c1. The normalized spacial score (nSPS) is 16.9. The molecule has 0 bridgehead atoms. The van der Waals surface area contributed by atoms with E-state index in [9.17, 15) is 4.79 Å². The van der Waals surface area contributed by atoms with Crippen LogP contribution in [0, 0.1) is 0 Å². The highest BCUT2D eigenvalue weighted by Gasteiger charge is 2.25. The van der Waals surface area contributed by atoms with E-state index in [4.69, 9.17) is 4.42 Å². The number of piperidine rings is 1. The molecule has 5 nitrogen and oxygen atoms in total. The van der Waals surface area contributed by atoms with Crippen LogP contribution in [-0.2, 0) is 0 Å². The quantitative estimate of drug-likeness (QED) is 0.867. The molecular weight excluding hydrogens is 358 g/mol. The third-order valence-corrected chi connectivity index (χ3v) is 4.56. The summed E-state index contributed by atoms with van der Waals surface area (Å²) in [6.45, 7) is 2.61. The number of rotatable bonds is 5. The van der Waals surface area contributed by atoms with Gasteiger partial charge in [0.25, 0.3) is 5.91 Å². The molecule has 0 unspecified atom stereocenters. The van der Waals surface area contributed by atoms with E-state index in [0.29, 0.717) is 12.1 Å². The van der Waals surface area contributed by atoms with Gasteiger partial charge in [0, 0.05) is 23.4 Å². The topological polar surface area (TPSA) is 58.4 Å². The lowest BCUT2D eigenvalue weighted by atomic mass is 10.1. The molecule has 23 heavy (non-hydrogen) atoms. The molecule has 3 heterocycles. The Hall–Kier alpha value is -1.66. The Morgan fingerprint density at radius 3 is 2.87 bits per heavy atom. The molecule has 0 spiro atoms. The fourth-order valence-electron chi connectivity index (χ4n) is 2.95. The van der Waals surface area contributed by atoms with Gasteiger partial charge in [-0.15, -0.1) is 0 Å². The first-order chi connectivity index (χ1) is 11.2. The predicted molar refractivity (Wildman–Crippen MR) is 91.1 cm³/mol. The largest absolute Gasteiger partial charge is 0.468 e. The van der Waals surface area contributed by atoms with Gasteiger partial charge in [-0.2, -0.15) is 0 Å². The number of nitrogens with one attached hydrogen (secondary N) is 1. The molecular formula is C17H20BrN3O2.